The molecule has 0 saturated carbocycles. The van der Waals surface area contributed by atoms with Crippen molar-refractivity contribution in [1.82, 2.24) is 0 Å². The van der Waals surface area contributed by atoms with Crippen molar-refractivity contribution in [3.05, 3.63) is 41.5 Å². The van der Waals surface area contributed by atoms with Crippen LogP contribution >= 0.6 is 0 Å². The summed E-state index contributed by atoms with van der Waals surface area (Å²) in [4.78, 5) is 10.9. The van der Waals surface area contributed by atoms with E-state index >= 15 is 0 Å². The van der Waals surface area contributed by atoms with E-state index in [2.05, 4.69) is 0 Å². The highest BCUT2D eigenvalue weighted by molar-refractivity contribution is 5.72. The van der Waals surface area contributed by atoms with E-state index in [0.717, 1.165) is 11.1 Å². The highest BCUT2D eigenvalue weighted by Gasteiger charge is 2.19. The number of benzene rings is 1. The van der Waals surface area contributed by atoms with Crippen LogP contribution in [0.2, 0.25) is 0 Å². The second-order valence-corrected chi connectivity index (χ2v) is 3.06. The number of fused-ring (bicyclic) bond motifs is 1. The Morgan fingerprint density at radius 3 is 3.00 bits per heavy atom. The molecule has 1 aromatic rings. The molecule has 1 unspecified atom stereocenters. The third-order valence-electron chi connectivity index (χ3n) is 2.14. The molecule has 0 amide bonds. The molecule has 3 nitrogen and oxygen atoms in total. The van der Waals surface area contributed by atoms with Crippen LogP contribution in [0.1, 0.15) is 17.2 Å². The zero-order valence-electron chi connectivity index (χ0n) is 7.51. The third kappa shape index (κ3) is 1.54. The van der Waals surface area contributed by atoms with Gasteiger partial charge in [-0.3, -0.25) is 0 Å². The number of aliphatic hydroxyl groups is 1. The number of rotatable bonds is 2. The molecule has 1 aliphatic carbocycles. The molecule has 0 aliphatic heterocycles. The standard InChI is InChI=1S/C11H10O3/c12-7-11(13)14-10-6-5-8-3-1-2-4-9(8)10/h1-6,10,12H,7H2. The number of carbonyl (C=O) groups is 1. The molecular formula is C11H10O3. The maximum atomic E-state index is 10.9. The number of hydrogen-bond donors (Lipinski definition) is 1. The normalized spacial score (nSPS) is 17.9. The SMILES string of the molecule is O=C(CO)OC1C=Cc2ccccc21. The van der Waals surface area contributed by atoms with Gasteiger partial charge >= 0.3 is 5.97 Å². The van der Waals surface area contributed by atoms with Gasteiger partial charge in [0.2, 0.25) is 0 Å². The molecule has 2 rings (SSSR count). The molecule has 1 atom stereocenters. The first-order valence-electron chi connectivity index (χ1n) is 4.39. The molecule has 0 spiro atoms. The maximum absolute atomic E-state index is 10.9. The Labute approximate surface area is 81.6 Å². The van der Waals surface area contributed by atoms with Crippen LogP contribution < -0.4 is 0 Å². The van der Waals surface area contributed by atoms with Crippen LogP contribution in [0.15, 0.2) is 30.3 Å². The van der Waals surface area contributed by atoms with Crippen molar-refractivity contribution in [3.63, 3.8) is 0 Å². The van der Waals surface area contributed by atoms with Crippen LogP contribution in [-0.4, -0.2) is 17.7 Å². The quantitative estimate of drug-likeness (QED) is 0.715. The first kappa shape index (κ1) is 8.97. The Hall–Kier alpha value is -1.61. The molecule has 1 aromatic carbocycles. The zero-order valence-corrected chi connectivity index (χ0v) is 7.51. The molecule has 14 heavy (non-hydrogen) atoms. The van der Waals surface area contributed by atoms with Crippen LogP contribution in [0.25, 0.3) is 6.08 Å². The monoisotopic (exact) mass is 190 g/mol. The number of aliphatic hydroxyl groups excluding tert-OH is 1. The minimum atomic E-state index is -0.601. The summed E-state index contributed by atoms with van der Waals surface area (Å²) in [5, 5.41) is 8.54. The van der Waals surface area contributed by atoms with Gasteiger partial charge in [0.25, 0.3) is 0 Å². The molecule has 0 bridgehead atoms. The average Bonchev–Trinajstić information content (AvgIpc) is 2.62. The van der Waals surface area contributed by atoms with Gasteiger partial charge in [-0.1, -0.05) is 30.3 Å². The molecule has 3 heteroatoms. The van der Waals surface area contributed by atoms with Gasteiger partial charge in [-0.15, -0.1) is 0 Å². The average molecular weight is 190 g/mol. The Kier molecular flexibility index (Phi) is 2.33. The van der Waals surface area contributed by atoms with E-state index in [1.165, 1.54) is 0 Å². The topological polar surface area (TPSA) is 46.5 Å². The summed E-state index contributed by atoms with van der Waals surface area (Å²) in [5.74, 6) is -0.601. The van der Waals surface area contributed by atoms with Crippen molar-refractivity contribution in [3.8, 4) is 0 Å². The highest BCUT2D eigenvalue weighted by Crippen LogP contribution is 2.30. The molecule has 0 radical (unpaired) electrons. The first-order chi connectivity index (χ1) is 6.81. The largest absolute Gasteiger partial charge is 0.451 e. The second-order valence-electron chi connectivity index (χ2n) is 3.06. The fourth-order valence-corrected chi connectivity index (χ4v) is 1.50. The minimum Gasteiger partial charge on any atom is -0.451 e. The lowest BCUT2D eigenvalue weighted by Crippen LogP contribution is -2.12. The van der Waals surface area contributed by atoms with Gasteiger partial charge < -0.3 is 9.84 Å². The van der Waals surface area contributed by atoms with Crippen LogP contribution in [0, 0.1) is 0 Å². The summed E-state index contributed by atoms with van der Waals surface area (Å²) in [7, 11) is 0. The summed E-state index contributed by atoms with van der Waals surface area (Å²) in [5.41, 5.74) is 2.03. The van der Waals surface area contributed by atoms with Gasteiger partial charge in [0, 0.05) is 5.56 Å². The lowest BCUT2D eigenvalue weighted by molar-refractivity contribution is -0.150. The molecule has 0 aromatic heterocycles. The van der Waals surface area contributed by atoms with Gasteiger partial charge in [0.1, 0.15) is 12.7 Å². The van der Waals surface area contributed by atoms with Gasteiger partial charge in [-0.2, -0.15) is 0 Å². The summed E-state index contributed by atoms with van der Waals surface area (Å²) < 4.78 is 5.01. The molecule has 1 N–H and O–H groups in total. The smallest absolute Gasteiger partial charge is 0.332 e. The minimum absolute atomic E-state index is 0.342. The van der Waals surface area contributed by atoms with Crippen molar-refractivity contribution < 1.29 is 14.6 Å². The maximum Gasteiger partial charge on any atom is 0.332 e. The number of ether oxygens (including phenoxy) is 1. The van der Waals surface area contributed by atoms with Gasteiger partial charge in [-0.25, -0.2) is 4.79 Å². The summed E-state index contributed by atoms with van der Waals surface area (Å²) in [6, 6.07) is 7.69. The number of esters is 1. The number of hydrogen-bond acceptors (Lipinski definition) is 3. The van der Waals surface area contributed by atoms with Gasteiger partial charge in [0.05, 0.1) is 0 Å². The van der Waals surface area contributed by atoms with Crippen molar-refractivity contribution in [1.29, 1.82) is 0 Å². The van der Waals surface area contributed by atoms with E-state index in [0.29, 0.717) is 0 Å². The van der Waals surface area contributed by atoms with E-state index in [1.807, 2.05) is 30.3 Å². The van der Waals surface area contributed by atoms with E-state index in [-0.39, 0.29) is 6.10 Å². The summed E-state index contributed by atoms with van der Waals surface area (Å²) in [6.45, 7) is -0.577. The van der Waals surface area contributed by atoms with Gasteiger partial charge in [-0.05, 0) is 11.6 Å². The van der Waals surface area contributed by atoms with Crippen molar-refractivity contribution in [2.24, 2.45) is 0 Å². The van der Waals surface area contributed by atoms with Crippen LogP contribution in [0.4, 0.5) is 0 Å². The van der Waals surface area contributed by atoms with E-state index < -0.39 is 12.6 Å². The van der Waals surface area contributed by atoms with Crippen molar-refractivity contribution in [2.45, 2.75) is 6.10 Å². The second kappa shape index (κ2) is 3.64. The summed E-state index contributed by atoms with van der Waals surface area (Å²) in [6.07, 6.45) is 3.37. The Balaban J connectivity index is 2.18. The highest BCUT2D eigenvalue weighted by atomic mass is 16.6. The summed E-state index contributed by atoms with van der Waals surface area (Å²) >= 11 is 0. The fourth-order valence-electron chi connectivity index (χ4n) is 1.50. The van der Waals surface area contributed by atoms with Crippen LogP contribution in [0.3, 0.4) is 0 Å². The molecule has 1 aliphatic rings. The van der Waals surface area contributed by atoms with Gasteiger partial charge in [0.15, 0.2) is 0 Å². The zero-order chi connectivity index (χ0) is 9.97. The molecule has 0 fully saturated rings. The molecule has 0 saturated heterocycles. The van der Waals surface area contributed by atoms with E-state index in [9.17, 15) is 4.79 Å². The van der Waals surface area contributed by atoms with E-state index in [4.69, 9.17) is 9.84 Å². The van der Waals surface area contributed by atoms with E-state index in [1.54, 1.807) is 6.08 Å². The fraction of sp³-hybridized carbons (Fsp3) is 0.182. The first-order valence-corrected chi connectivity index (χ1v) is 4.39. The lowest BCUT2D eigenvalue weighted by atomic mass is 10.1. The van der Waals surface area contributed by atoms with Crippen molar-refractivity contribution in [2.75, 3.05) is 6.61 Å². The third-order valence-corrected chi connectivity index (χ3v) is 2.14. The Morgan fingerprint density at radius 1 is 1.43 bits per heavy atom. The van der Waals surface area contributed by atoms with Crippen molar-refractivity contribution >= 4 is 12.0 Å². The Bertz CT molecular complexity index is 382. The molecule has 72 valence electrons. The predicted molar refractivity (Wildman–Crippen MR) is 51.4 cm³/mol. The van der Waals surface area contributed by atoms with Crippen LogP contribution in [-0.2, 0) is 9.53 Å². The number of carbonyl (C=O) groups excluding carboxylic acids is 1. The molecular weight excluding hydrogens is 180 g/mol. The van der Waals surface area contributed by atoms with Crippen LogP contribution in [0.5, 0.6) is 0 Å². The predicted octanol–water partition coefficient (Wildman–Crippen LogP) is 1.29. The Morgan fingerprint density at radius 2 is 2.21 bits per heavy atom. The molecule has 0 heterocycles. The lowest BCUT2D eigenvalue weighted by Gasteiger charge is -2.11.